The molecule has 3 rings (SSSR count). The molecule has 1 aromatic carbocycles. The molecule has 172 valence electrons. The molecule has 2 N–H and O–H groups in total. The van der Waals surface area contributed by atoms with Crippen LogP contribution in [-0.2, 0) is 30.8 Å². The fraction of sp³-hybridized carbons (Fsp3) is 0.500. The molecule has 32 heavy (non-hydrogen) atoms. The van der Waals surface area contributed by atoms with Crippen molar-refractivity contribution in [3.05, 3.63) is 62.1 Å². The molecule has 0 aliphatic rings. The lowest BCUT2D eigenvalue weighted by atomic mass is 10.1. The zero-order valence-electron chi connectivity index (χ0n) is 19.2. The number of hydrogen-bond donors (Lipinski definition) is 2. The number of imidazole rings is 1. The third kappa shape index (κ3) is 5.36. The van der Waals surface area contributed by atoms with Gasteiger partial charge in [-0.05, 0) is 30.9 Å². The highest BCUT2D eigenvalue weighted by atomic mass is 16.2. The predicted octanol–water partition coefficient (Wildman–Crippen LogP) is 3.04. The molecule has 0 saturated carbocycles. The molecule has 0 aliphatic carbocycles. The minimum absolute atomic E-state index is 0.0698. The van der Waals surface area contributed by atoms with Crippen molar-refractivity contribution >= 4 is 17.1 Å². The molecule has 2 heterocycles. The Morgan fingerprint density at radius 1 is 1.06 bits per heavy atom. The van der Waals surface area contributed by atoms with E-state index in [0.717, 1.165) is 36.8 Å². The molecule has 0 saturated heterocycles. The molecule has 8 heteroatoms. The summed E-state index contributed by atoms with van der Waals surface area (Å²) in [4.78, 5) is 44.7. The van der Waals surface area contributed by atoms with Crippen LogP contribution in [0.1, 0.15) is 62.9 Å². The van der Waals surface area contributed by atoms with Crippen LogP contribution in [0.25, 0.3) is 11.2 Å². The molecule has 0 bridgehead atoms. The number of carbonyl (C=O) groups excluding carboxylic acids is 1. The smallest absolute Gasteiger partial charge is 0.330 e. The number of aromatic amines is 1. The number of fused-ring (bicyclic) bond motifs is 1. The van der Waals surface area contributed by atoms with Crippen LogP contribution in [0.5, 0.6) is 0 Å². The van der Waals surface area contributed by atoms with E-state index < -0.39 is 11.2 Å². The Balaban J connectivity index is 1.83. The largest absolute Gasteiger partial charge is 0.352 e. The number of amides is 1. The van der Waals surface area contributed by atoms with E-state index in [1.165, 1.54) is 0 Å². The van der Waals surface area contributed by atoms with Crippen molar-refractivity contribution in [3.63, 3.8) is 0 Å². The zero-order valence-corrected chi connectivity index (χ0v) is 19.2. The Morgan fingerprint density at radius 3 is 2.44 bits per heavy atom. The van der Waals surface area contributed by atoms with Crippen molar-refractivity contribution in [1.82, 2.24) is 24.4 Å². The van der Waals surface area contributed by atoms with Gasteiger partial charge in [-0.2, -0.15) is 0 Å². The van der Waals surface area contributed by atoms with Gasteiger partial charge in [0.25, 0.3) is 5.56 Å². The van der Waals surface area contributed by atoms with Crippen molar-refractivity contribution in [3.8, 4) is 0 Å². The van der Waals surface area contributed by atoms with Gasteiger partial charge in [-0.1, -0.05) is 51.0 Å². The van der Waals surface area contributed by atoms with E-state index >= 15 is 0 Å². The second kappa shape index (κ2) is 10.9. The van der Waals surface area contributed by atoms with Gasteiger partial charge >= 0.3 is 5.69 Å². The summed E-state index contributed by atoms with van der Waals surface area (Å²) in [6.45, 7) is 7.76. The van der Waals surface area contributed by atoms with E-state index in [0.29, 0.717) is 43.0 Å². The Morgan fingerprint density at radius 2 is 1.75 bits per heavy atom. The lowest BCUT2D eigenvalue weighted by molar-refractivity contribution is -0.121. The van der Waals surface area contributed by atoms with Crippen LogP contribution in [0.4, 0.5) is 0 Å². The van der Waals surface area contributed by atoms with Crippen molar-refractivity contribution in [1.29, 1.82) is 0 Å². The van der Waals surface area contributed by atoms with E-state index in [1.54, 1.807) is 4.57 Å². The molecule has 3 aromatic rings. The van der Waals surface area contributed by atoms with Gasteiger partial charge in [0, 0.05) is 32.5 Å². The summed E-state index contributed by atoms with van der Waals surface area (Å²) in [6.07, 6.45) is 4.25. The van der Waals surface area contributed by atoms with Gasteiger partial charge in [0.15, 0.2) is 11.2 Å². The Kier molecular flexibility index (Phi) is 8.03. The van der Waals surface area contributed by atoms with Gasteiger partial charge in [-0.3, -0.25) is 19.1 Å². The highest BCUT2D eigenvalue weighted by molar-refractivity contribution is 5.76. The first-order chi connectivity index (χ1) is 15.5. The molecule has 1 amide bonds. The molecule has 0 aliphatic heterocycles. The predicted molar refractivity (Wildman–Crippen MR) is 126 cm³/mol. The van der Waals surface area contributed by atoms with E-state index in [1.807, 2.05) is 35.8 Å². The number of benzene rings is 1. The second-order valence-electron chi connectivity index (χ2n) is 8.17. The summed E-state index contributed by atoms with van der Waals surface area (Å²) in [5.41, 5.74) is 2.21. The molecular formula is C24H33N5O3. The molecule has 0 radical (unpaired) electrons. The molecule has 2 aromatic heterocycles. The fourth-order valence-corrected chi connectivity index (χ4v) is 3.81. The van der Waals surface area contributed by atoms with Crippen LogP contribution < -0.4 is 16.6 Å². The topological polar surface area (TPSA) is 102 Å². The molecule has 0 spiro atoms. The van der Waals surface area contributed by atoms with Gasteiger partial charge in [0.1, 0.15) is 5.82 Å². The van der Waals surface area contributed by atoms with Crippen LogP contribution in [0, 0.1) is 6.92 Å². The Bertz CT molecular complexity index is 1190. The quantitative estimate of drug-likeness (QED) is 0.479. The van der Waals surface area contributed by atoms with Gasteiger partial charge in [0.05, 0.1) is 0 Å². The van der Waals surface area contributed by atoms with Gasteiger partial charge in [0.2, 0.25) is 5.91 Å². The monoisotopic (exact) mass is 439 g/mol. The first-order valence-electron chi connectivity index (χ1n) is 11.5. The minimum atomic E-state index is -0.432. The number of carbonyl (C=O) groups is 1. The van der Waals surface area contributed by atoms with Crippen LogP contribution in [0.3, 0.4) is 0 Å². The summed E-state index contributed by atoms with van der Waals surface area (Å²) in [7, 11) is 0. The standard InChI is InChI=1S/C24H33N5O3/c1-4-6-14-28-19(12-13-20(30)25-16-18-11-9-8-10-17(18)3)26-22-21(28)23(31)27-24(32)29(22)15-7-5-2/h8-11H,4-7,12-16H2,1-3H3,(H,25,30)(H,27,31,32). The van der Waals surface area contributed by atoms with E-state index in [2.05, 4.69) is 29.1 Å². The van der Waals surface area contributed by atoms with Crippen molar-refractivity contribution in [2.45, 2.75) is 78.9 Å². The molecular weight excluding hydrogens is 406 g/mol. The molecule has 0 unspecified atom stereocenters. The summed E-state index contributed by atoms with van der Waals surface area (Å²) in [5.74, 6) is 0.598. The van der Waals surface area contributed by atoms with Crippen LogP contribution in [0.15, 0.2) is 33.9 Å². The van der Waals surface area contributed by atoms with E-state index in [9.17, 15) is 14.4 Å². The first kappa shape index (κ1) is 23.5. The third-order valence-corrected chi connectivity index (χ3v) is 5.75. The van der Waals surface area contributed by atoms with Gasteiger partial charge in [-0.15, -0.1) is 0 Å². The average molecular weight is 440 g/mol. The van der Waals surface area contributed by atoms with Crippen LogP contribution >= 0.6 is 0 Å². The molecule has 8 nitrogen and oxygen atoms in total. The van der Waals surface area contributed by atoms with Crippen molar-refractivity contribution < 1.29 is 4.79 Å². The van der Waals surface area contributed by atoms with Crippen molar-refractivity contribution in [2.75, 3.05) is 0 Å². The summed E-state index contributed by atoms with van der Waals surface area (Å²) >= 11 is 0. The Labute approximate surface area is 187 Å². The average Bonchev–Trinajstić information content (AvgIpc) is 3.14. The zero-order chi connectivity index (χ0) is 23.1. The lowest BCUT2D eigenvalue weighted by Crippen LogP contribution is -2.31. The highest BCUT2D eigenvalue weighted by Gasteiger charge is 2.19. The second-order valence-corrected chi connectivity index (χ2v) is 8.17. The first-order valence-corrected chi connectivity index (χ1v) is 11.5. The number of nitrogens with one attached hydrogen (secondary N) is 2. The minimum Gasteiger partial charge on any atom is -0.352 e. The number of aryl methyl sites for hydroxylation is 4. The number of nitrogens with zero attached hydrogens (tertiary/aromatic N) is 3. The summed E-state index contributed by atoms with van der Waals surface area (Å²) in [5, 5.41) is 2.97. The number of rotatable bonds is 11. The van der Waals surface area contributed by atoms with E-state index in [-0.39, 0.29) is 12.3 Å². The Hall–Kier alpha value is -3.16. The maximum atomic E-state index is 12.6. The van der Waals surface area contributed by atoms with Crippen LogP contribution in [0.2, 0.25) is 0 Å². The number of hydrogen-bond acceptors (Lipinski definition) is 4. The van der Waals surface area contributed by atoms with Gasteiger partial charge in [-0.25, -0.2) is 9.78 Å². The SMILES string of the molecule is CCCCn1c(CCC(=O)NCc2ccccc2C)nc2c1c(=O)[nH]c(=O)n2CCCC. The van der Waals surface area contributed by atoms with Crippen LogP contribution in [-0.4, -0.2) is 25.0 Å². The normalized spacial score (nSPS) is 11.2. The maximum absolute atomic E-state index is 12.6. The number of aromatic nitrogens is 4. The lowest BCUT2D eigenvalue weighted by Gasteiger charge is -2.10. The summed E-state index contributed by atoms with van der Waals surface area (Å²) in [6, 6.07) is 7.96. The number of unbranched alkanes of at least 4 members (excludes halogenated alkanes) is 2. The third-order valence-electron chi connectivity index (χ3n) is 5.75. The summed E-state index contributed by atoms with van der Waals surface area (Å²) < 4.78 is 3.43. The molecule has 0 atom stereocenters. The fourth-order valence-electron chi connectivity index (χ4n) is 3.81. The number of H-pyrrole nitrogens is 1. The maximum Gasteiger partial charge on any atom is 0.330 e. The van der Waals surface area contributed by atoms with E-state index in [4.69, 9.17) is 0 Å². The highest BCUT2D eigenvalue weighted by Crippen LogP contribution is 2.15. The van der Waals surface area contributed by atoms with Crippen molar-refractivity contribution in [2.24, 2.45) is 0 Å². The van der Waals surface area contributed by atoms with Gasteiger partial charge < -0.3 is 9.88 Å². The molecule has 0 fully saturated rings.